The molecule has 1 aliphatic heterocycles. The first-order valence-corrected chi connectivity index (χ1v) is 10.3. The first-order valence-electron chi connectivity index (χ1n) is 10.3. The number of alkyl carbamates (subject to hydrolysis) is 1. The van der Waals surface area contributed by atoms with Crippen LogP contribution in [0.4, 0.5) is 4.79 Å². The van der Waals surface area contributed by atoms with Crippen LogP contribution in [-0.2, 0) is 30.3 Å². The molecule has 1 saturated carbocycles. The van der Waals surface area contributed by atoms with E-state index in [1.165, 1.54) is 7.11 Å². The zero-order valence-corrected chi connectivity index (χ0v) is 18.1. The number of rotatable bonds is 7. The van der Waals surface area contributed by atoms with Gasteiger partial charge in [0.2, 0.25) is 0 Å². The van der Waals surface area contributed by atoms with E-state index >= 15 is 0 Å². The van der Waals surface area contributed by atoms with Gasteiger partial charge in [-0.15, -0.1) is 0 Å². The van der Waals surface area contributed by atoms with E-state index in [9.17, 15) is 9.59 Å². The number of carbonyl (C=O) groups excluding carboxylic acids is 2. The van der Waals surface area contributed by atoms with Gasteiger partial charge in [-0.05, 0) is 36.7 Å². The Morgan fingerprint density at radius 1 is 1.17 bits per heavy atom. The molecule has 2 aliphatic rings. The van der Waals surface area contributed by atoms with Crippen LogP contribution >= 0.6 is 0 Å². The fourth-order valence-corrected chi connectivity index (χ4v) is 4.46. The van der Waals surface area contributed by atoms with Gasteiger partial charge in [0, 0.05) is 5.92 Å². The zero-order chi connectivity index (χ0) is 21.8. The molecular formula is C23H31NO6. The number of esters is 1. The summed E-state index contributed by atoms with van der Waals surface area (Å²) >= 11 is 0. The van der Waals surface area contributed by atoms with Gasteiger partial charge in [-0.25, -0.2) is 9.59 Å². The van der Waals surface area contributed by atoms with Crippen molar-refractivity contribution >= 4 is 12.1 Å². The van der Waals surface area contributed by atoms with E-state index in [0.717, 1.165) is 12.0 Å². The molecule has 1 amide bonds. The smallest absolute Gasteiger partial charge is 0.412 e. The van der Waals surface area contributed by atoms with Crippen LogP contribution in [0.1, 0.15) is 39.2 Å². The van der Waals surface area contributed by atoms with E-state index in [4.69, 9.17) is 18.9 Å². The normalized spacial score (nSPS) is 24.6. The number of hydrogen-bond acceptors (Lipinski definition) is 6. The molecule has 1 saturated heterocycles. The topological polar surface area (TPSA) is 83.1 Å². The van der Waals surface area contributed by atoms with Crippen LogP contribution in [0.25, 0.3) is 0 Å². The molecule has 2 atom stereocenters. The summed E-state index contributed by atoms with van der Waals surface area (Å²) in [6.07, 6.45) is 2.58. The Morgan fingerprint density at radius 2 is 1.83 bits per heavy atom. The summed E-state index contributed by atoms with van der Waals surface area (Å²) in [7, 11) is 1.28. The molecule has 7 heteroatoms. The van der Waals surface area contributed by atoms with Crippen molar-refractivity contribution in [3.63, 3.8) is 0 Å². The third-order valence-electron chi connectivity index (χ3n) is 6.43. The Hall–Kier alpha value is -2.38. The summed E-state index contributed by atoms with van der Waals surface area (Å²) in [6, 6.07) is 9.34. The average molecular weight is 418 g/mol. The lowest BCUT2D eigenvalue weighted by atomic mass is 9.51. The third kappa shape index (κ3) is 4.84. The molecule has 7 nitrogen and oxygen atoms in total. The van der Waals surface area contributed by atoms with Gasteiger partial charge in [0.1, 0.15) is 12.3 Å². The van der Waals surface area contributed by atoms with Crippen LogP contribution in [0.3, 0.4) is 0 Å². The number of carbonyl (C=O) groups is 2. The minimum Gasteiger partial charge on any atom is -0.464 e. The highest BCUT2D eigenvalue weighted by Gasteiger charge is 2.57. The third-order valence-corrected chi connectivity index (χ3v) is 6.43. The Labute approximate surface area is 177 Å². The van der Waals surface area contributed by atoms with Gasteiger partial charge in [0.25, 0.3) is 0 Å². The summed E-state index contributed by atoms with van der Waals surface area (Å²) < 4.78 is 21.7. The Morgan fingerprint density at radius 3 is 2.43 bits per heavy atom. The van der Waals surface area contributed by atoms with Crippen molar-refractivity contribution in [2.75, 3.05) is 20.3 Å². The van der Waals surface area contributed by atoms with Crippen LogP contribution in [-0.4, -0.2) is 38.2 Å². The lowest BCUT2D eigenvalue weighted by molar-refractivity contribution is -0.252. The number of allylic oxidation sites excluding steroid dienone is 1. The monoisotopic (exact) mass is 417 g/mol. The molecule has 0 spiro atoms. The second-order valence-corrected chi connectivity index (χ2v) is 8.55. The zero-order valence-electron chi connectivity index (χ0n) is 18.1. The maximum atomic E-state index is 12.2. The summed E-state index contributed by atoms with van der Waals surface area (Å²) in [5.41, 5.74) is 0.933. The first kappa shape index (κ1) is 22.3. The van der Waals surface area contributed by atoms with E-state index in [-0.39, 0.29) is 23.6 Å². The molecule has 1 heterocycles. The first-order chi connectivity index (χ1) is 14.3. The number of amides is 1. The minimum atomic E-state index is -0.693. The molecule has 1 aromatic carbocycles. The maximum Gasteiger partial charge on any atom is 0.412 e. The molecule has 30 heavy (non-hydrogen) atoms. The Bertz CT molecular complexity index is 782. The van der Waals surface area contributed by atoms with Crippen molar-refractivity contribution < 1.29 is 28.5 Å². The summed E-state index contributed by atoms with van der Waals surface area (Å²) in [5.74, 6) is -0.547. The van der Waals surface area contributed by atoms with E-state index in [0.29, 0.717) is 25.6 Å². The molecule has 0 aromatic heterocycles. The van der Waals surface area contributed by atoms with Crippen LogP contribution in [0.2, 0.25) is 0 Å². The average Bonchev–Trinajstić information content (AvgIpc) is 3.17. The van der Waals surface area contributed by atoms with Crippen molar-refractivity contribution in [3.05, 3.63) is 47.7 Å². The minimum absolute atomic E-state index is 0.0232. The quantitative estimate of drug-likeness (QED) is 0.537. The molecular weight excluding hydrogens is 386 g/mol. The fraction of sp³-hybridized carbons (Fsp3) is 0.565. The molecule has 3 rings (SSSR count). The Kier molecular flexibility index (Phi) is 6.83. The largest absolute Gasteiger partial charge is 0.464 e. The van der Waals surface area contributed by atoms with Crippen molar-refractivity contribution in [1.82, 2.24) is 5.32 Å². The van der Waals surface area contributed by atoms with Gasteiger partial charge in [-0.3, -0.25) is 5.32 Å². The van der Waals surface area contributed by atoms with E-state index in [1.54, 1.807) is 6.08 Å². The van der Waals surface area contributed by atoms with Gasteiger partial charge < -0.3 is 18.9 Å². The second-order valence-electron chi connectivity index (χ2n) is 8.55. The maximum absolute atomic E-state index is 12.2. The van der Waals surface area contributed by atoms with E-state index < -0.39 is 17.8 Å². The highest BCUT2D eigenvalue weighted by molar-refractivity contribution is 5.92. The van der Waals surface area contributed by atoms with E-state index in [1.807, 2.05) is 37.3 Å². The van der Waals surface area contributed by atoms with Gasteiger partial charge in [0.05, 0.1) is 20.3 Å². The van der Waals surface area contributed by atoms with Gasteiger partial charge in [0.15, 0.2) is 5.79 Å². The molecule has 164 valence electrons. The predicted molar refractivity (Wildman–Crippen MR) is 110 cm³/mol. The lowest BCUT2D eigenvalue weighted by Gasteiger charge is -2.57. The second kappa shape index (κ2) is 9.18. The summed E-state index contributed by atoms with van der Waals surface area (Å²) in [6.45, 7) is 7.74. The van der Waals surface area contributed by atoms with Crippen LogP contribution in [0.5, 0.6) is 0 Å². The van der Waals surface area contributed by atoms with Crippen molar-refractivity contribution in [2.24, 2.45) is 17.3 Å². The Balaban J connectivity index is 1.57. The van der Waals surface area contributed by atoms with Crippen LogP contribution in [0, 0.1) is 17.3 Å². The molecule has 0 unspecified atom stereocenters. The van der Waals surface area contributed by atoms with Gasteiger partial charge in [-0.1, -0.05) is 50.3 Å². The molecule has 1 N–H and O–H groups in total. The van der Waals surface area contributed by atoms with Gasteiger partial charge >= 0.3 is 12.1 Å². The number of hydrogen-bond donors (Lipinski definition) is 1. The molecule has 1 aliphatic carbocycles. The van der Waals surface area contributed by atoms with Crippen molar-refractivity contribution in [2.45, 2.75) is 46.0 Å². The number of ether oxygens (including phenoxy) is 4. The van der Waals surface area contributed by atoms with Crippen LogP contribution < -0.4 is 5.32 Å². The molecule has 2 fully saturated rings. The predicted octanol–water partition coefficient (Wildman–Crippen LogP) is 3.79. The molecule has 1 aromatic rings. The van der Waals surface area contributed by atoms with Crippen LogP contribution in [0.15, 0.2) is 42.1 Å². The summed E-state index contributed by atoms with van der Waals surface area (Å²) in [5, 5.41) is 2.52. The standard InChI is InChI=1S/C23H31NO6/c1-22(2)17(14-19(22)23(3)29-12-13-30-23)10-11-18(20(25)27-4)24-21(26)28-15-16-8-6-5-7-9-16/h5-9,11,17,19H,10,12-15H2,1-4H3,(H,24,26)/b18-11-/t17-,19+/m0/s1. The fourth-order valence-electron chi connectivity index (χ4n) is 4.46. The summed E-state index contributed by atoms with van der Waals surface area (Å²) in [4.78, 5) is 24.3. The van der Waals surface area contributed by atoms with Crippen molar-refractivity contribution in [1.29, 1.82) is 0 Å². The number of nitrogens with one attached hydrogen (secondary N) is 1. The highest BCUT2D eigenvalue weighted by atomic mass is 16.7. The molecule has 0 radical (unpaired) electrons. The highest BCUT2D eigenvalue weighted by Crippen LogP contribution is 2.58. The lowest BCUT2D eigenvalue weighted by Crippen LogP contribution is -2.56. The number of methoxy groups -OCH3 is 1. The molecule has 0 bridgehead atoms. The van der Waals surface area contributed by atoms with Gasteiger partial charge in [-0.2, -0.15) is 0 Å². The van der Waals surface area contributed by atoms with E-state index in [2.05, 4.69) is 19.2 Å². The number of benzene rings is 1. The SMILES string of the molecule is COC(=O)/C(=C/C[C@H]1C[C@@H](C2(C)OCCO2)C1(C)C)NC(=O)OCc1ccccc1. The van der Waals surface area contributed by atoms with Crippen molar-refractivity contribution in [3.8, 4) is 0 Å².